The number of aromatic nitrogens is 1. The van der Waals surface area contributed by atoms with Gasteiger partial charge in [-0.1, -0.05) is 17.3 Å². The van der Waals surface area contributed by atoms with Crippen LogP contribution in [0.4, 0.5) is 5.69 Å². The van der Waals surface area contributed by atoms with Crippen LogP contribution in [-0.4, -0.2) is 19.5 Å². The van der Waals surface area contributed by atoms with Gasteiger partial charge in [-0.3, -0.25) is 4.72 Å². The fraction of sp³-hybridized carbons (Fsp3) is 0.167. The molecular weight excluding hydrogens is 284 g/mol. The highest BCUT2D eigenvalue weighted by Gasteiger charge is 2.24. The molecule has 0 fully saturated rings. The molecule has 1 aromatic carbocycles. The number of carboxylic acids is 1. The van der Waals surface area contributed by atoms with Crippen molar-refractivity contribution in [1.29, 1.82) is 0 Å². The average Bonchev–Trinajstić information content (AvgIpc) is 2.69. The van der Waals surface area contributed by atoms with E-state index in [4.69, 9.17) is 4.52 Å². The highest BCUT2D eigenvalue weighted by molar-refractivity contribution is 7.92. The summed E-state index contributed by atoms with van der Waals surface area (Å²) in [5.74, 6) is -1.15. The van der Waals surface area contributed by atoms with Gasteiger partial charge in [0.1, 0.15) is 5.69 Å². The molecule has 0 spiro atoms. The average molecular weight is 295 g/mol. The number of rotatable bonds is 4. The summed E-state index contributed by atoms with van der Waals surface area (Å²) in [5.41, 5.74) is 0.446. The number of carboxylic acid groups (broad SMARTS) is 1. The first kappa shape index (κ1) is 14.1. The van der Waals surface area contributed by atoms with Crippen molar-refractivity contribution < 1.29 is 22.8 Å². The van der Waals surface area contributed by atoms with Crippen LogP contribution >= 0.6 is 0 Å². The number of hydrogen-bond acceptors (Lipinski definition) is 6. The van der Waals surface area contributed by atoms with E-state index in [0.29, 0.717) is 0 Å². The lowest BCUT2D eigenvalue weighted by Crippen LogP contribution is -2.22. The smallest absolute Gasteiger partial charge is 0.267 e. The summed E-state index contributed by atoms with van der Waals surface area (Å²) in [6.07, 6.45) is 0. The lowest BCUT2D eigenvalue weighted by atomic mass is 10.2. The van der Waals surface area contributed by atoms with Crippen LogP contribution < -0.4 is 9.83 Å². The van der Waals surface area contributed by atoms with Gasteiger partial charge in [0.2, 0.25) is 0 Å². The number of nitrogens with zero attached hydrogens (tertiary/aromatic N) is 1. The standard InChI is InChI=1S/C12H12N2O5S/c1-7-11(8(2)19-13-7)20(17,18)14-10-5-3-9(4-6-10)12(15)16/h3-6,14H,1-2H3,(H,15,16)/p-1. The summed E-state index contributed by atoms with van der Waals surface area (Å²) in [5, 5.41) is 14.2. The van der Waals surface area contributed by atoms with E-state index in [0.717, 1.165) is 0 Å². The van der Waals surface area contributed by atoms with Gasteiger partial charge >= 0.3 is 0 Å². The molecule has 0 aliphatic rings. The third-order valence-electron chi connectivity index (χ3n) is 2.61. The molecule has 2 aromatic rings. The van der Waals surface area contributed by atoms with Crippen molar-refractivity contribution in [3.63, 3.8) is 0 Å². The molecule has 0 amide bonds. The van der Waals surface area contributed by atoms with Crippen molar-refractivity contribution in [2.75, 3.05) is 4.72 Å². The van der Waals surface area contributed by atoms with Gasteiger partial charge in [0.25, 0.3) is 10.0 Å². The van der Waals surface area contributed by atoms with Gasteiger partial charge in [-0.2, -0.15) is 0 Å². The van der Waals surface area contributed by atoms with E-state index in [9.17, 15) is 18.3 Å². The van der Waals surface area contributed by atoms with Crippen LogP contribution in [0.2, 0.25) is 0 Å². The summed E-state index contributed by atoms with van der Waals surface area (Å²) >= 11 is 0. The molecule has 0 radical (unpaired) electrons. The molecule has 2 rings (SSSR count). The molecule has 0 unspecified atom stereocenters. The van der Waals surface area contributed by atoms with Crippen LogP contribution in [0, 0.1) is 13.8 Å². The van der Waals surface area contributed by atoms with E-state index in [1.54, 1.807) is 0 Å². The third kappa shape index (κ3) is 2.64. The molecule has 0 saturated heterocycles. The highest BCUT2D eigenvalue weighted by Crippen LogP contribution is 2.22. The Bertz CT molecular complexity index is 727. The van der Waals surface area contributed by atoms with E-state index in [-0.39, 0.29) is 27.6 Å². The lowest BCUT2D eigenvalue weighted by Gasteiger charge is -2.08. The Balaban J connectivity index is 2.31. The number of carbonyl (C=O) groups is 1. The predicted molar refractivity (Wildman–Crippen MR) is 67.6 cm³/mol. The van der Waals surface area contributed by atoms with Gasteiger partial charge < -0.3 is 14.4 Å². The maximum Gasteiger partial charge on any atom is 0.267 e. The fourth-order valence-corrected chi connectivity index (χ4v) is 3.13. The molecule has 1 aromatic heterocycles. The van der Waals surface area contributed by atoms with E-state index in [1.165, 1.54) is 38.1 Å². The molecule has 20 heavy (non-hydrogen) atoms. The molecule has 7 nitrogen and oxygen atoms in total. The van der Waals surface area contributed by atoms with Gasteiger partial charge in [0.05, 0.1) is 5.97 Å². The first-order valence-corrected chi connectivity index (χ1v) is 7.06. The van der Waals surface area contributed by atoms with Crippen molar-refractivity contribution in [2.24, 2.45) is 0 Å². The van der Waals surface area contributed by atoms with E-state index in [1.807, 2.05) is 0 Å². The summed E-state index contributed by atoms with van der Waals surface area (Å²) < 4.78 is 31.5. The van der Waals surface area contributed by atoms with E-state index in [2.05, 4.69) is 9.88 Å². The van der Waals surface area contributed by atoms with Crippen molar-refractivity contribution in [3.8, 4) is 0 Å². The number of aryl methyl sites for hydroxylation is 2. The van der Waals surface area contributed by atoms with Crippen LogP contribution in [-0.2, 0) is 10.0 Å². The molecule has 0 atom stereocenters. The summed E-state index contributed by atoms with van der Waals surface area (Å²) in [7, 11) is -3.83. The van der Waals surface area contributed by atoms with Crippen molar-refractivity contribution >= 4 is 21.7 Å². The van der Waals surface area contributed by atoms with Crippen LogP contribution in [0.1, 0.15) is 21.8 Å². The van der Waals surface area contributed by atoms with Crippen LogP contribution in [0.15, 0.2) is 33.7 Å². The molecule has 0 aliphatic heterocycles. The second-order valence-electron chi connectivity index (χ2n) is 4.12. The van der Waals surface area contributed by atoms with Gasteiger partial charge in [-0.25, -0.2) is 8.42 Å². The normalized spacial score (nSPS) is 11.3. The zero-order valence-corrected chi connectivity index (χ0v) is 11.5. The number of carbonyl (C=O) groups excluding carboxylic acids is 1. The van der Waals surface area contributed by atoms with Crippen LogP contribution in [0.3, 0.4) is 0 Å². The summed E-state index contributed by atoms with van der Waals surface area (Å²) in [6, 6.07) is 5.17. The van der Waals surface area contributed by atoms with E-state index >= 15 is 0 Å². The summed E-state index contributed by atoms with van der Waals surface area (Å²) in [4.78, 5) is 10.6. The second-order valence-corrected chi connectivity index (χ2v) is 5.74. The van der Waals surface area contributed by atoms with E-state index < -0.39 is 16.0 Å². The Morgan fingerprint density at radius 2 is 1.85 bits per heavy atom. The minimum Gasteiger partial charge on any atom is -0.545 e. The second kappa shape index (κ2) is 4.97. The molecule has 0 aliphatic carbocycles. The zero-order valence-electron chi connectivity index (χ0n) is 10.7. The lowest BCUT2D eigenvalue weighted by molar-refractivity contribution is -0.255. The molecule has 0 bridgehead atoms. The topological polar surface area (TPSA) is 112 Å². The van der Waals surface area contributed by atoms with Gasteiger partial charge in [-0.05, 0) is 31.5 Å². The molecule has 8 heteroatoms. The number of nitrogens with one attached hydrogen (secondary N) is 1. The van der Waals surface area contributed by atoms with Crippen molar-refractivity contribution in [1.82, 2.24) is 5.16 Å². The first-order chi connectivity index (χ1) is 9.31. The van der Waals surface area contributed by atoms with Gasteiger partial charge in [0, 0.05) is 5.69 Å². The number of aromatic carboxylic acids is 1. The number of sulfonamides is 1. The SMILES string of the molecule is Cc1noc(C)c1S(=O)(=O)Nc1ccc(C(=O)[O-])cc1. The van der Waals surface area contributed by atoms with Crippen LogP contribution in [0.5, 0.6) is 0 Å². The maximum absolute atomic E-state index is 12.2. The first-order valence-electron chi connectivity index (χ1n) is 5.58. The Morgan fingerprint density at radius 1 is 1.25 bits per heavy atom. The number of anilines is 1. The molecular formula is C12H11N2O5S-. The number of benzene rings is 1. The van der Waals surface area contributed by atoms with Gasteiger partial charge in [-0.15, -0.1) is 0 Å². The molecule has 106 valence electrons. The predicted octanol–water partition coefficient (Wildman–Crippen LogP) is 0.456. The fourth-order valence-electron chi connectivity index (χ4n) is 1.74. The quantitative estimate of drug-likeness (QED) is 0.876. The molecule has 1 heterocycles. The number of hydrogen-bond donors (Lipinski definition) is 1. The Labute approximate surface area is 115 Å². The van der Waals surface area contributed by atoms with Crippen molar-refractivity contribution in [3.05, 3.63) is 41.3 Å². The third-order valence-corrected chi connectivity index (χ3v) is 4.23. The van der Waals surface area contributed by atoms with Crippen LogP contribution in [0.25, 0.3) is 0 Å². The zero-order chi connectivity index (χ0) is 14.9. The minimum atomic E-state index is -3.83. The Morgan fingerprint density at radius 3 is 2.30 bits per heavy atom. The molecule has 0 saturated carbocycles. The molecule has 1 N–H and O–H groups in total. The summed E-state index contributed by atoms with van der Waals surface area (Å²) in [6.45, 7) is 3.01. The highest BCUT2D eigenvalue weighted by atomic mass is 32.2. The monoisotopic (exact) mass is 295 g/mol. The Kier molecular flexibility index (Phi) is 3.49. The van der Waals surface area contributed by atoms with Crippen molar-refractivity contribution in [2.45, 2.75) is 18.7 Å². The van der Waals surface area contributed by atoms with Gasteiger partial charge in [0.15, 0.2) is 10.7 Å². The largest absolute Gasteiger partial charge is 0.545 e. The Hall–Kier alpha value is -2.35. The minimum absolute atomic E-state index is 0.0264. The maximum atomic E-state index is 12.2.